The maximum Gasteiger partial charge on any atom is 0.341 e. The van der Waals surface area contributed by atoms with Crippen LogP contribution in [0.5, 0.6) is 5.75 Å². The minimum atomic E-state index is -0.577. The van der Waals surface area contributed by atoms with Gasteiger partial charge in [0.2, 0.25) is 0 Å². The minimum absolute atomic E-state index is 0.0139. The highest BCUT2D eigenvalue weighted by molar-refractivity contribution is 9.10. The minimum Gasteiger partial charge on any atom is -0.477 e. The number of amides is 1. The van der Waals surface area contributed by atoms with Gasteiger partial charge in [0.25, 0.3) is 5.91 Å². The second-order valence-electron chi connectivity index (χ2n) is 8.71. The van der Waals surface area contributed by atoms with Crippen molar-refractivity contribution in [1.82, 2.24) is 0 Å². The summed E-state index contributed by atoms with van der Waals surface area (Å²) < 4.78 is 10.9. The van der Waals surface area contributed by atoms with Crippen molar-refractivity contribution in [2.24, 2.45) is 11.3 Å². The van der Waals surface area contributed by atoms with E-state index in [0.29, 0.717) is 21.0 Å². The van der Waals surface area contributed by atoms with E-state index in [-0.39, 0.29) is 16.9 Å². The lowest BCUT2D eigenvalue weighted by atomic mass is 9.72. The molecule has 2 aromatic rings. The number of nitrogens with one attached hydrogen (secondary N) is 1. The third-order valence-corrected chi connectivity index (χ3v) is 7.27. The smallest absolute Gasteiger partial charge is 0.341 e. The number of esters is 1. The van der Waals surface area contributed by atoms with Crippen LogP contribution in [0.2, 0.25) is 0 Å². The first-order valence-corrected chi connectivity index (χ1v) is 11.7. The van der Waals surface area contributed by atoms with Gasteiger partial charge in [-0.25, -0.2) is 4.79 Å². The number of benzene rings is 1. The predicted molar refractivity (Wildman–Crippen MR) is 126 cm³/mol. The molecule has 1 amide bonds. The van der Waals surface area contributed by atoms with Crippen molar-refractivity contribution in [3.05, 3.63) is 48.8 Å². The largest absolute Gasteiger partial charge is 0.477 e. The number of methoxy groups -OCH3 is 1. The molecular weight excluding hydrogens is 500 g/mol. The molecule has 1 unspecified atom stereocenters. The Kier molecular flexibility index (Phi) is 7.24. The second kappa shape index (κ2) is 9.58. The lowest BCUT2D eigenvalue weighted by Gasteiger charge is -2.33. The van der Waals surface area contributed by atoms with Crippen molar-refractivity contribution in [2.75, 3.05) is 19.0 Å². The maximum atomic E-state index is 12.6. The Hall–Kier alpha value is -2.46. The summed E-state index contributed by atoms with van der Waals surface area (Å²) in [5.74, 6) is -0.543. The number of hydrogen-bond acceptors (Lipinski definition) is 7. The number of rotatable bonds is 6. The van der Waals surface area contributed by atoms with E-state index in [0.717, 1.165) is 29.7 Å². The zero-order valence-electron chi connectivity index (χ0n) is 18.3. The van der Waals surface area contributed by atoms with Crippen LogP contribution in [0.4, 0.5) is 10.7 Å². The lowest BCUT2D eigenvalue weighted by Crippen LogP contribution is -2.26. The van der Waals surface area contributed by atoms with Crippen LogP contribution in [0.15, 0.2) is 22.7 Å². The summed E-state index contributed by atoms with van der Waals surface area (Å²) in [5.41, 5.74) is 1.22. The third kappa shape index (κ3) is 5.29. The molecule has 1 heterocycles. The summed E-state index contributed by atoms with van der Waals surface area (Å²) in [5, 5.41) is 14.4. The Labute approximate surface area is 198 Å². The van der Waals surface area contributed by atoms with Crippen molar-refractivity contribution in [3.8, 4) is 5.75 Å². The molecule has 3 rings (SSSR count). The van der Waals surface area contributed by atoms with Gasteiger partial charge in [-0.05, 0) is 48.3 Å². The molecular formula is C22H25BrN2O6S. The predicted octanol–water partition coefficient (Wildman–Crippen LogP) is 5.37. The fraction of sp³-hybridized carbons (Fsp3) is 0.455. The fourth-order valence-electron chi connectivity index (χ4n) is 3.79. The number of fused-ring (bicyclic) bond motifs is 1. The van der Waals surface area contributed by atoms with E-state index in [4.69, 9.17) is 9.47 Å². The molecule has 172 valence electrons. The summed E-state index contributed by atoms with van der Waals surface area (Å²) in [4.78, 5) is 36.8. The maximum absolute atomic E-state index is 12.6. The zero-order valence-corrected chi connectivity index (χ0v) is 20.7. The van der Waals surface area contributed by atoms with Crippen LogP contribution < -0.4 is 10.1 Å². The molecule has 1 aromatic carbocycles. The summed E-state index contributed by atoms with van der Waals surface area (Å²) >= 11 is 4.56. The van der Waals surface area contributed by atoms with E-state index in [1.165, 1.54) is 30.6 Å². The van der Waals surface area contributed by atoms with Gasteiger partial charge in [-0.1, -0.05) is 36.7 Å². The fourth-order valence-corrected chi connectivity index (χ4v) is 5.47. The first-order valence-electron chi connectivity index (χ1n) is 10.1. The van der Waals surface area contributed by atoms with E-state index in [1.807, 2.05) is 0 Å². The lowest BCUT2D eigenvalue weighted by molar-refractivity contribution is -0.385. The van der Waals surface area contributed by atoms with E-state index < -0.39 is 23.4 Å². The van der Waals surface area contributed by atoms with Gasteiger partial charge in [0, 0.05) is 15.4 Å². The molecule has 0 saturated carbocycles. The molecule has 1 aliphatic carbocycles. The van der Waals surface area contributed by atoms with Crippen LogP contribution in [0.3, 0.4) is 0 Å². The van der Waals surface area contributed by atoms with Crippen LogP contribution in [-0.2, 0) is 22.4 Å². The Balaban J connectivity index is 1.79. The van der Waals surface area contributed by atoms with Gasteiger partial charge in [0.1, 0.15) is 5.00 Å². The number of nitro groups is 1. The summed E-state index contributed by atoms with van der Waals surface area (Å²) in [6.45, 7) is 6.19. The molecule has 0 radical (unpaired) electrons. The number of carbonyl (C=O) groups is 2. The number of anilines is 1. The first-order chi connectivity index (χ1) is 15.0. The van der Waals surface area contributed by atoms with Crippen molar-refractivity contribution in [1.29, 1.82) is 0 Å². The standard InChI is InChI=1S/C22H25BrN2O6S/c1-22(2,3)12-5-7-14-17(9-12)32-20(19(14)21(27)30-4)24-18(26)11-31-16-8-6-13(23)10-15(16)25(28)29/h6,8,10,12H,5,7,9,11H2,1-4H3,(H,24,26). The Morgan fingerprint density at radius 1 is 1.34 bits per heavy atom. The normalized spacial score (nSPS) is 15.6. The highest BCUT2D eigenvalue weighted by Crippen LogP contribution is 2.44. The molecule has 0 fully saturated rings. The molecule has 10 heteroatoms. The van der Waals surface area contributed by atoms with E-state index in [1.54, 1.807) is 6.07 Å². The molecule has 0 bridgehead atoms. The summed E-state index contributed by atoms with van der Waals surface area (Å²) in [6.07, 6.45) is 2.54. The molecule has 0 saturated heterocycles. The quantitative estimate of drug-likeness (QED) is 0.309. The van der Waals surface area contributed by atoms with Gasteiger partial charge in [-0.3, -0.25) is 14.9 Å². The number of thiophene rings is 1. The van der Waals surface area contributed by atoms with E-state index >= 15 is 0 Å². The number of hydrogen-bond donors (Lipinski definition) is 1. The average molecular weight is 525 g/mol. The molecule has 1 aromatic heterocycles. The zero-order chi connectivity index (χ0) is 23.6. The Morgan fingerprint density at radius 3 is 2.69 bits per heavy atom. The SMILES string of the molecule is COC(=O)c1c(NC(=O)COc2ccc(Br)cc2[N+](=O)[O-])sc2c1CCC(C(C)(C)C)C2. The molecule has 1 atom stereocenters. The molecule has 8 nitrogen and oxygen atoms in total. The second-order valence-corrected chi connectivity index (χ2v) is 10.7. The van der Waals surface area contributed by atoms with Gasteiger partial charge < -0.3 is 14.8 Å². The monoisotopic (exact) mass is 524 g/mol. The summed E-state index contributed by atoms with van der Waals surface area (Å²) in [6, 6.07) is 4.32. The Bertz CT molecular complexity index is 1060. The van der Waals surface area contributed by atoms with Crippen molar-refractivity contribution < 1.29 is 24.0 Å². The highest BCUT2D eigenvalue weighted by atomic mass is 79.9. The molecule has 1 aliphatic rings. The number of ether oxygens (including phenoxy) is 2. The molecule has 0 aliphatic heterocycles. The van der Waals surface area contributed by atoms with Crippen molar-refractivity contribution >= 4 is 49.8 Å². The van der Waals surface area contributed by atoms with Crippen LogP contribution in [0.25, 0.3) is 0 Å². The number of nitro benzene ring substituents is 1. The van der Waals surface area contributed by atoms with Crippen molar-refractivity contribution in [3.63, 3.8) is 0 Å². The molecule has 0 spiro atoms. The first kappa shape index (κ1) is 24.2. The number of nitrogens with zero attached hydrogens (tertiary/aromatic N) is 1. The van der Waals surface area contributed by atoms with Crippen LogP contribution in [0.1, 0.15) is 48.0 Å². The third-order valence-electron chi connectivity index (χ3n) is 5.61. The van der Waals surface area contributed by atoms with Crippen LogP contribution in [0, 0.1) is 21.4 Å². The van der Waals surface area contributed by atoms with Gasteiger partial charge in [0.15, 0.2) is 12.4 Å². The average Bonchev–Trinajstić information content (AvgIpc) is 3.08. The van der Waals surface area contributed by atoms with Crippen LogP contribution >= 0.6 is 27.3 Å². The Morgan fingerprint density at radius 2 is 2.06 bits per heavy atom. The van der Waals surface area contributed by atoms with Gasteiger partial charge in [-0.15, -0.1) is 11.3 Å². The topological polar surface area (TPSA) is 108 Å². The van der Waals surface area contributed by atoms with E-state index in [9.17, 15) is 19.7 Å². The van der Waals surface area contributed by atoms with Crippen molar-refractivity contribution in [2.45, 2.75) is 40.0 Å². The van der Waals surface area contributed by atoms with Gasteiger partial charge >= 0.3 is 11.7 Å². The summed E-state index contributed by atoms with van der Waals surface area (Å²) in [7, 11) is 1.31. The van der Waals surface area contributed by atoms with Gasteiger partial charge in [0.05, 0.1) is 17.6 Å². The van der Waals surface area contributed by atoms with Crippen LogP contribution in [-0.4, -0.2) is 30.5 Å². The van der Waals surface area contributed by atoms with E-state index in [2.05, 4.69) is 42.0 Å². The number of carbonyl (C=O) groups excluding carboxylic acids is 2. The molecule has 1 N–H and O–H groups in total. The highest BCUT2D eigenvalue weighted by Gasteiger charge is 2.34. The number of halogens is 1. The van der Waals surface area contributed by atoms with Gasteiger partial charge in [-0.2, -0.15) is 0 Å². The molecule has 32 heavy (non-hydrogen) atoms.